The molecule has 0 nitrogen and oxygen atoms in total. The normalized spacial score (nSPS) is 14.8. The molecule has 0 atom stereocenters. The van der Waals surface area contributed by atoms with Crippen LogP contribution in [0.2, 0.25) is 31.7 Å². The Morgan fingerprint density at radius 2 is 1.32 bits per heavy atom. The van der Waals surface area contributed by atoms with E-state index in [-0.39, 0.29) is 10.8 Å². The van der Waals surface area contributed by atoms with Gasteiger partial charge >= 0.3 is 37.9 Å². The molecule has 0 amide bonds. The standard InChI is InChI=1S/C21H28Si.C21H26Si.2ClH.Zr/c2*1-15-11-16-13-17(21(2,3)4)14-20(19(16)12-15)22(5,6)18-9-7-8-10-18;;;/h7-11,13-14,18H,12H2,1-6H3;7-14H,1-6H3;2*1H;/q;-2;;;+2/p-2. The molecule has 5 heteroatoms. The third-order valence-corrected chi connectivity index (χ3v) is 17.6. The first-order valence-electron chi connectivity index (χ1n) is 16.9. The van der Waals surface area contributed by atoms with Gasteiger partial charge in [-0.15, -0.1) is 39.7 Å². The van der Waals surface area contributed by atoms with Crippen molar-refractivity contribution in [1.29, 1.82) is 0 Å². The van der Waals surface area contributed by atoms with Crippen LogP contribution in [0.4, 0.5) is 0 Å². The Morgan fingerprint density at radius 1 is 0.787 bits per heavy atom. The summed E-state index contributed by atoms with van der Waals surface area (Å²) in [7, 11) is 6.65. The summed E-state index contributed by atoms with van der Waals surface area (Å²) in [5.74, 6) is 0. The van der Waals surface area contributed by atoms with E-state index in [4.69, 9.17) is 17.0 Å². The molecular weight excluding hydrogens is 723 g/mol. The van der Waals surface area contributed by atoms with Crippen LogP contribution in [0.3, 0.4) is 0 Å². The SMILES string of the molecule is CC1=Cc2cc(C(C)(C)C)cc([Si](C)(C)C3C=CC=C3)c2C1.Cc1cc2cc(C(C)(C)C)cc([Si](C)(C)[c-]3cccc3)c2[cH-]1.[Cl][Zr][Cl]. The van der Waals surface area contributed by atoms with Crippen LogP contribution in [0.15, 0.2) is 90.5 Å². The quantitative estimate of drug-likeness (QED) is 0.143. The number of allylic oxidation sites excluding steroid dienone is 5. The molecule has 0 aromatic heterocycles. The molecule has 250 valence electrons. The van der Waals surface area contributed by atoms with Gasteiger partial charge in [0, 0.05) is 8.07 Å². The summed E-state index contributed by atoms with van der Waals surface area (Å²) in [5.41, 5.74) is 9.92. The van der Waals surface area contributed by atoms with E-state index >= 15 is 0 Å². The Bertz CT molecular complexity index is 1770. The average Bonchev–Trinajstić information content (AvgIpc) is 3.77. The molecule has 6 rings (SSSR count). The molecule has 4 aromatic carbocycles. The fourth-order valence-electron chi connectivity index (χ4n) is 7.08. The van der Waals surface area contributed by atoms with E-state index in [1.165, 1.54) is 43.8 Å². The fraction of sp³-hybridized carbons (Fsp3) is 0.381. The zero-order valence-electron chi connectivity index (χ0n) is 30.7. The van der Waals surface area contributed by atoms with Crippen LogP contribution in [0.25, 0.3) is 16.8 Å². The predicted molar refractivity (Wildman–Crippen MR) is 215 cm³/mol. The molecule has 4 aromatic rings. The first kappa shape index (κ1) is 38.3. The van der Waals surface area contributed by atoms with Crippen LogP contribution in [-0.2, 0) is 38.1 Å². The number of fused-ring (bicyclic) bond motifs is 2. The summed E-state index contributed by atoms with van der Waals surface area (Å²) in [5, 5.41) is 7.65. The van der Waals surface area contributed by atoms with Gasteiger partial charge in [-0.1, -0.05) is 133 Å². The van der Waals surface area contributed by atoms with Crippen LogP contribution >= 0.6 is 17.0 Å². The first-order chi connectivity index (χ1) is 21.8. The van der Waals surface area contributed by atoms with E-state index in [1.54, 1.807) is 15.9 Å². The first-order valence-corrected chi connectivity index (χ1v) is 29.3. The van der Waals surface area contributed by atoms with Gasteiger partial charge in [0.05, 0.1) is 8.07 Å². The van der Waals surface area contributed by atoms with E-state index in [0.29, 0.717) is 5.54 Å². The van der Waals surface area contributed by atoms with Crippen molar-refractivity contribution in [2.75, 3.05) is 0 Å². The molecule has 2 aliphatic carbocycles. The maximum atomic E-state index is 4.93. The van der Waals surface area contributed by atoms with Gasteiger partial charge in [0.2, 0.25) is 0 Å². The van der Waals surface area contributed by atoms with Crippen molar-refractivity contribution in [1.82, 2.24) is 0 Å². The molecule has 0 heterocycles. The van der Waals surface area contributed by atoms with E-state index < -0.39 is 37.0 Å². The van der Waals surface area contributed by atoms with Crippen LogP contribution in [0, 0.1) is 6.92 Å². The van der Waals surface area contributed by atoms with E-state index in [1.807, 2.05) is 0 Å². The van der Waals surface area contributed by atoms with Crippen molar-refractivity contribution in [2.24, 2.45) is 0 Å². The van der Waals surface area contributed by atoms with Gasteiger partial charge in [0.1, 0.15) is 0 Å². The Balaban J connectivity index is 0.000000197. The molecule has 0 spiro atoms. The van der Waals surface area contributed by atoms with Gasteiger partial charge in [-0.05, 0) is 46.4 Å². The molecule has 0 saturated heterocycles. The number of hydrogen-bond donors (Lipinski definition) is 0. The molecular formula is C42H54Cl2Si2Zr-2. The third kappa shape index (κ3) is 8.64. The minimum absolute atomic E-state index is 0.185. The number of halogens is 2. The fourth-order valence-corrected chi connectivity index (χ4v) is 12.9. The summed E-state index contributed by atoms with van der Waals surface area (Å²) < 4.78 is 0. The summed E-state index contributed by atoms with van der Waals surface area (Å²) in [6.07, 6.45) is 12.8. The monoisotopic (exact) mass is 774 g/mol. The van der Waals surface area contributed by atoms with Gasteiger partial charge in [0.25, 0.3) is 0 Å². The van der Waals surface area contributed by atoms with Crippen LogP contribution < -0.4 is 15.6 Å². The van der Waals surface area contributed by atoms with Gasteiger partial charge in [-0.2, -0.15) is 23.4 Å². The van der Waals surface area contributed by atoms with Gasteiger partial charge in [-0.3, -0.25) is 0 Å². The van der Waals surface area contributed by atoms with Crippen LogP contribution in [0.5, 0.6) is 0 Å². The van der Waals surface area contributed by atoms with Gasteiger partial charge in [-0.25, -0.2) is 12.1 Å². The zero-order valence-corrected chi connectivity index (χ0v) is 36.7. The van der Waals surface area contributed by atoms with Crippen molar-refractivity contribution in [3.05, 3.63) is 118 Å². The molecule has 2 aliphatic rings. The van der Waals surface area contributed by atoms with E-state index in [0.717, 1.165) is 6.42 Å². The topological polar surface area (TPSA) is 0 Å². The number of benzene rings is 2. The predicted octanol–water partition coefficient (Wildman–Crippen LogP) is 11.4. The second kappa shape index (κ2) is 14.8. The van der Waals surface area contributed by atoms with Crippen LogP contribution in [-0.4, -0.2) is 16.1 Å². The number of rotatable bonds is 4. The second-order valence-electron chi connectivity index (χ2n) is 16.7. The Morgan fingerprint density at radius 3 is 1.87 bits per heavy atom. The van der Waals surface area contributed by atoms with Crippen LogP contribution in [0.1, 0.15) is 76.3 Å². The Kier molecular flexibility index (Phi) is 12.1. The summed E-state index contributed by atoms with van der Waals surface area (Å²) >= 11 is -0.826. The van der Waals surface area contributed by atoms with E-state index in [9.17, 15) is 0 Å². The van der Waals surface area contributed by atoms with Crippen molar-refractivity contribution in [3.63, 3.8) is 0 Å². The molecule has 0 radical (unpaired) electrons. The molecule has 0 N–H and O–H groups in total. The number of hydrogen-bond acceptors (Lipinski definition) is 0. The van der Waals surface area contributed by atoms with E-state index in [2.05, 4.69) is 173 Å². The molecule has 47 heavy (non-hydrogen) atoms. The van der Waals surface area contributed by atoms with Crippen molar-refractivity contribution < 1.29 is 20.8 Å². The maximum absolute atomic E-state index is 4.93. The van der Waals surface area contributed by atoms with Crippen molar-refractivity contribution >= 4 is 65.6 Å². The minimum atomic E-state index is -1.66. The molecule has 0 unspecified atom stereocenters. The molecule has 0 saturated carbocycles. The van der Waals surface area contributed by atoms with Crippen molar-refractivity contribution in [3.8, 4) is 0 Å². The van der Waals surface area contributed by atoms with Gasteiger partial charge in [0.15, 0.2) is 0 Å². The van der Waals surface area contributed by atoms with Crippen molar-refractivity contribution in [2.45, 2.75) is 104 Å². The summed E-state index contributed by atoms with van der Waals surface area (Å²) in [6, 6.07) is 23.5. The molecule has 0 aliphatic heterocycles. The average molecular weight is 777 g/mol. The molecule has 0 fully saturated rings. The second-order valence-corrected chi connectivity index (χ2v) is 29.5. The number of aryl methyl sites for hydroxylation is 1. The summed E-state index contributed by atoms with van der Waals surface area (Å²) in [6.45, 7) is 28.4. The summed E-state index contributed by atoms with van der Waals surface area (Å²) in [4.78, 5) is 0. The Hall–Kier alpha value is -1.48. The Labute approximate surface area is 306 Å². The third-order valence-electron chi connectivity index (χ3n) is 10.2. The van der Waals surface area contributed by atoms with Gasteiger partial charge < -0.3 is 0 Å². The zero-order chi connectivity index (χ0) is 34.9. The molecule has 0 bridgehead atoms.